The number of hydrogen-bond acceptors (Lipinski definition) is 2. The number of hydrogen-bond donors (Lipinski definition) is 0. The maximum absolute atomic E-state index is 4.49. The van der Waals surface area contributed by atoms with Gasteiger partial charge in [-0.15, -0.1) is 0 Å². The number of pyridine rings is 2. The molecule has 0 aliphatic carbocycles. The van der Waals surface area contributed by atoms with E-state index in [-0.39, 0.29) is 0 Å². The Morgan fingerprint density at radius 3 is 3.21 bits per heavy atom. The molecule has 0 saturated carbocycles. The molecule has 0 unspecified atom stereocenters. The zero-order valence-electron chi connectivity index (χ0n) is 10.1. The molecular weight excluding hydrogens is 254 g/mol. The van der Waals surface area contributed by atoms with E-state index in [1.807, 2.05) is 23.6 Å². The molecular formula is C15H10N3S+. The molecule has 19 heavy (non-hydrogen) atoms. The van der Waals surface area contributed by atoms with E-state index in [4.69, 9.17) is 0 Å². The van der Waals surface area contributed by atoms with E-state index >= 15 is 0 Å². The number of fused-ring (bicyclic) bond motifs is 7. The first kappa shape index (κ1) is 9.69. The maximum atomic E-state index is 4.49. The van der Waals surface area contributed by atoms with Gasteiger partial charge in [0.2, 0.25) is 0 Å². The van der Waals surface area contributed by atoms with Gasteiger partial charge < -0.3 is 0 Å². The third-order valence-electron chi connectivity index (χ3n) is 3.75. The van der Waals surface area contributed by atoms with Crippen LogP contribution in [-0.4, -0.2) is 9.38 Å². The summed E-state index contributed by atoms with van der Waals surface area (Å²) in [7, 11) is 0. The summed E-state index contributed by atoms with van der Waals surface area (Å²) in [6.07, 6.45) is 4.01. The number of thiazole rings is 1. The molecule has 0 aromatic carbocycles. The number of aromatic nitrogens is 3. The minimum atomic E-state index is 0.881. The van der Waals surface area contributed by atoms with Gasteiger partial charge in [0, 0.05) is 12.3 Å². The zero-order valence-corrected chi connectivity index (χ0v) is 10.9. The second-order valence-corrected chi connectivity index (χ2v) is 5.85. The standard InChI is InChI=1S/C15H10N3S/c1-2-7-17-10(4-1)8-13-14(17)18-9-12-11(15(18)19-13)5-3-6-16-12/h1-8H,9H2/q+1. The number of rotatable bonds is 0. The molecule has 0 radical (unpaired) electrons. The molecule has 90 valence electrons. The van der Waals surface area contributed by atoms with Crippen molar-refractivity contribution in [1.29, 1.82) is 0 Å². The summed E-state index contributed by atoms with van der Waals surface area (Å²) in [5.41, 5.74) is 5.01. The van der Waals surface area contributed by atoms with Gasteiger partial charge in [0.1, 0.15) is 16.8 Å². The predicted molar refractivity (Wildman–Crippen MR) is 75.3 cm³/mol. The first-order valence-electron chi connectivity index (χ1n) is 6.28. The fraction of sp³-hybridized carbons (Fsp3) is 0.0667. The Hall–Kier alpha value is -2.20. The minimum Gasteiger partial charge on any atom is -0.256 e. The summed E-state index contributed by atoms with van der Waals surface area (Å²) in [4.78, 5) is 4.49. The first-order valence-corrected chi connectivity index (χ1v) is 7.10. The summed E-state index contributed by atoms with van der Waals surface area (Å²) < 4.78 is 5.99. The van der Waals surface area contributed by atoms with Crippen LogP contribution < -0.4 is 4.57 Å². The quantitative estimate of drug-likeness (QED) is 0.394. The largest absolute Gasteiger partial charge is 0.305 e. The van der Waals surface area contributed by atoms with Gasteiger partial charge in [-0.3, -0.25) is 4.98 Å². The van der Waals surface area contributed by atoms with E-state index in [1.54, 1.807) is 0 Å². The average molecular weight is 264 g/mol. The molecule has 0 spiro atoms. The van der Waals surface area contributed by atoms with Crippen molar-refractivity contribution in [2.24, 2.45) is 0 Å². The van der Waals surface area contributed by atoms with Gasteiger partial charge >= 0.3 is 5.65 Å². The SMILES string of the molecule is c1cnc2c(c1)-c1sc3cc4ccccn4c3[n+]1C2. The van der Waals surface area contributed by atoms with Gasteiger partial charge in [-0.1, -0.05) is 17.4 Å². The smallest absolute Gasteiger partial charge is 0.256 e. The molecule has 0 bridgehead atoms. The molecule has 0 atom stereocenters. The molecule has 4 aromatic heterocycles. The second kappa shape index (κ2) is 3.22. The monoisotopic (exact) mass is 264 g/mol. The summed E-state index contributed by atoms with van der Waals surface area (Å²) >= 11 is 1.86. The van der Waals surface area contributed by atoms with Gasteiger partial charge in [-0.05, 0) is 24.3 Å². The maximum Gasteiger partial charge on any atom is 0.305 e. The Balaban J connectivity index is 1.94. The van der Waals surface area contributed by atoms with Crippen molar-refractivity contribution in [3.63, 3.8) is 0 Å². The summed E-state index contributed by atoms with van der Waals surface area (Å²) in [5, 5.41) is 1.33. The molecule has 4 aromatic rings. The highest BCUT2D eigenvalue weighted by Gasteiger charge is 2.31. The van der Waals surface area contributed by atoms with Crippen molar-refractivity contribution in [2.75, 3.05) is 0 Å². The third-order valence-corrected chi connectivity index (χ3v) is 4.91. The molecule has 3 nitrogen and oxygen atoms in total. The molecule has 1 aliphatic heterocycles. The molecule has 5 heterocycles. The van der Waals surface area contributed by atoms with Crippen LogP contribution in [0.5, 0.6) is 0 Å². The lowest BCUT2D eigenvalue weighted by atomic mass is 10.2. The fourth-order valence-electron chi connectivity index (χ4n) is 2.93. The van der Waals surface area contributed by atoms with Crippen LogP contribution in [0.3, 0.4) is 0 Å². The van der Waals surface area contributed by atoms with E-state index in [2.05, 4.69) is 50.5 Å². The van der Waals surface area contributed by atoms with Crippen molar-refractivity contribution < 1.29 is 4.57 Å². The van der Waals surface area contributed by atoms with Gasteiger partial charge in [-0.2, -0.15) is 4.40 Å². The Kier molecular flexibility index (Phi) is 1.64. The Bertz CT molecular complexity index is 949. The molecule has 4 heteroatoms. The lowest BCUT2D eigenvalue weighted by molar-refractivity contribution is -0.644. The van der Waals surface area contributed by atoms with E-state index in [9.17, 15) is 0 Å². The van der Waals surface area contributed by atoms with Crippen molar-refractivity contribution in [2.45, 2.75) is 6.54 Å². The summed E-state index contributed by atoms with van der Waals surface area (Å²) in [5.74, 6) is 0. The zero-order chi connectivity index (χ0) is 12.4. The highest BCUT2D eigenvalue weighted by atomic mass is 32.1. The minimum absolute atomic E-state index is 0.881. The van der Waals surface area contributed by atoms with Crippen LogP contribution in [-0.2, 0) is 6.54 Å². The van der Waals surface area contributed by atoms with Crippen LogP contribution >= 0.6 is 11.3 Å². The van der Waals surface area contributed by atoms with Crippen LogP contribution in [0.25, 0.3) is 26.4 Å². The predicted octanol–water partition coefficient (Wildman–Crippen LogP) is 2.87. The topological polar surface area (TPSA) is 21.2 Å². The summed E-state index contributed by atoms with van der Waals surface area (Å²) in [6, 6.07) is 12.8. The third kappa shape index (κ3) is 1.12. The lowest BCUT2D eigenvalue weighted by Gasteiger charge is -1.91. The molecule has 5 rings (SSSR count). The molecule has 0 amide bonds. The Morgan fingerprint density at radius 2 is 2.21 bits per heavy atom. The van der Waals surface area contributed by atoms with E-state index < -0.39 is 0 Å². The van der Waals surface area contributed by atoms with Crippen molar-refractivity contribution in [1.82, 2.24) is 9.38 Å². The van der Waals surface area contributed by atoms with Crippen molar-refractivity contribution in [3.05, 3.63) is 54.5 Å². The van der Waals surface area contributed by atoms with Crippen LogP contribution in [0.2, 0.25) is 0 Å². The van der Waals surface area contributed by atoms with Gasteiger partial charge in [0.15, 0.2) is 5.01 Å². The van der Waals surface area contributed by atoms with Crippen LogP contribution in [0, 0.1) is 0 Å². The van der Waals surface area contributed by atoms with Gasteiger partial charge in [0.25, 0.3) is 0 Å². The molecule has 0 saturated heterocycles. The van der Waals surface area contributed by atoms with E-state index in [0.29, 0.717) is 0 Å². The fourth-order valence-corrected chi connectivity index (χ4v) is 4.18. The lowest BCUT2D eigenvalue weighted by Crippen LogP contribution is -2.31. The van der Waals surface area contributed by atoms with Crippen LogP contribution in [0.1, 0.15) is 5.69 Å². The van der Waals surface area contributed by atoms with Crippen LogP contribution in [0.15, 0.2) is 48.8 Å². The van der Waals surface area contributed by atoms with E-state index in [0.717, 1.165) is 6.54 Å². The highest BCUT2D eigenvalue weighted by molar-refractivity contribution is 7.21. The summed E-state index contributed by atoms with van der Waals surface area (Å²) in [6.45, 7) is 0.881. The normalized spacial score (nSPS) is 13.1. The molecule has 0 N–H and O–H groups in total. The second-order valence-electron chi connectivity index (χ2n) is 4.82. The molecule has 0 fully saturated rings. The first-order chi connectivity index (χ1) is 9.42. The van der Waals surface area contributed by atoms with Gasteiger partial charge in [0.05, 0.1) is 17.5 Å². The average Bonchev–Trinajstić information content (AvgIpc) is 3.05. The van der Waals surface area contributed by atoms with Crippen molar-refractivity contribution >= 4 is 27.2 Å². The number of nitrogens with zero attached hydrogens (tertiary/aromatic N) is 3. The highest BCUT2D eigenvalue weighted by Crippen LogP contribution is 2.35. The van der Waals surface area contributed by atoms with Gasteiger partial charge in [-0.25, -0.2) is 4.57 Å². The Morgan fingerprint density at radius 1 is 1.21 bits per heavy atom. The van der Waals surface area contributed by atoms with E-state index in [1.165, 1.54) is 32.1 Å². The Labute approximate surface area is 113 Å². The molecule has 1 aliphatic rings. The van der Waals surface area contributed by atoms with Crippen LogP contribution in [0.4, 0.5) is 0 Å². The van der Waals surface area contributed by atoms with Crippen molar-refractivity contribution in [3.8, 4) is 10.6 Å².